The smallest absolute Gasteiger partial charge is 0.309 e. The molecule has 0 saturated heterocycles. The average Bonchev–Trinajstić information content (AvgIpc) is 2.54. The zero-order valence-corrected chi connectivity index (χ0v) is 13.7. The van der Waals surface area contributed by atoms with Crippen molar-refractivity contribution in [2.75, 3.05) is 6.54 Å². The van der Waals surface area contributed by atoms with Gasteiger partial charge in [0.15, 0.2) is 0 Å². The Kier molecular flexibility index (Phi) is 6.18. The molecule has 23 heavy (non-hydrogen) atoms. The Morgan fingerprint density at radius 3 is 2.35 bits per heavy atom. The van der Waals surface area contributed by atoms with Gasteiger partial charge in [0.05, 0.1) is 0 Å². The fraction of sp³-hybridized carbons (Fsp3) is 0.222. The summed E-state index contributed by atoms with van der Waals surface area (Å²) in [7, 11) is 0. The predicted octanol–water partition coefficient (Wildman–Crippen LogP) is 2.62. The first kappa shape index (κ1) is 17.0. The van der Waals surface area contributed by atoms with Gasteiger partial charge in [0.25, 0.3) is 0 Å². The molecule has 2 rings (SSSR count). The number of hydrogen-bond acceptors (Lipinski definition) is 2. The van der Waals surface area contributed by atoms with Crippen LogP contribution >= 0.6 is 11.6 Å². The number of carbonyl (C=O) groups excluding carboxylic acids is 2. The first-order valence-corrected chi connectivity index (χ1v) is 7.78. The van der Waals surface area contributed by atoms with E-state index in [4.69, 9.17) is 11.6 Å². The number of halogens is 1. The summed E-state index contributed by atoms with van der Waals surface area (Å²) in [5.41, 5.74) is 3.12. The van der Waals surface area contributed by atoms with Gasteiger partial charge >= 0.3 is 11.8 Å². The summed E-state index contributed by atoms with van der Waals surface area (Å²) in [5.74, 6) is -1.25. The van der Waals surface area contributed by atoms with Crippen LogP contribution < -0.4 is 10.6 Å². The lowest BCUT2D eigenvalue weighted by atomic mass is 10.1. The Labute approximate surface area is 140 Å². The van der Waals surface area contributed by atoms with Gasteiger partial charge in [-0.15, -0.1) is 0 Å². The van der Waals surface area contributed by atoms with Gasteiger partial charge in [-0.2, -0.15) is 0 Å². The monoisotopic (exact) mass is 330 g/mol. The molecule has 0 aliphatic carbocycles. The second-order valence-corrected chi connectivity index (χ2v) is 5.74. The van der Waals surface area contributed by atoms with Crippen LogP contribution in [0.2, 0.25) is 5.02 Å². The Bertz CT molecular complexity index is 684. The van der Waals surface area contributed by atoms with Gasteiger partial charge in [-0.1, -0.05) is 53.6 Å². The summed E-state index contributed by atoms with van der Waals surface area (Å²) < 4.78 is 0. The molecule has 2 N–H and O–H groups in total. The van der Waals surface area contributed by atoms with Crippen molar-refractivity contribution in [1.29, 1.82) is 0 Å². The van der Waals surface area contributed by atoms with Crippen molar-refractivity contribution in [3.05, 3.63) is 70.2 Å². The molecule has 4 nitrogen and oxygen atoms in total. The number of nitrogens with one attached hydrogen (secondary N) is 2. The Balaban J connectivity index is 1.72. The Morgan fingerprint density at radius 1 is 0.957 bits per heavy atom. The highest BCUT2D eigenvalue weighted by atomic mass is 35.5. The van der Waals surface area contributed by atoms with Gasteiger partial charge in [0.2, 0.25) is 0 Å². The summed E-state index contributed by atoms with van der Waals surface area (Å²) in [5, 5.41) is 5.86. The topological polar surface area (TPSA) is 58.2 Å². The molecule has 120 valence electrons. The Hall–Kier alpha value is -2.33. The molecule has 0 heterocycles. The molecular weight excluding hydrogens is 312 g/mol. The number of amides is 2. The zero-order valence-electron chi connectivity index (χ0n) is 12.9. The molecule has 0 aliphatic heterocycles. The first-order valence-electron chi connectivity index (χ1n) is 7.40. The number of rotatable bonds is 5. The van der Waals surface area contributed by atoms with E-state index in [2.05, 4.69) is 10.6 Å². The van der Waals surface area contributed by atoms with Gasteiger partial charge in [0.1, 0.15) is 0 Å². The quantitative estimate of drug-likeness (QED) is 0.828. The largest absolute Gasteiger partial charge is 0.348 e. The second kappa shape index (κ2) is 8.34. The number of hydrogen-bond donors (Lipinski definition) is 2. The standard InChI is InChI=1S/C18H19ClN2O2/c1-13-5-7-15(8-6-13)12-21-18(23)17(22)20-10-9-14-3-2-4-16(19)11-14/h2-8,11H,9-10,12H2,1H3,(H,20,22)(H,21,23). The van der Waals surface area contributed by atoms with E-state index in [1.807, 2.05) is 49.4 Å². The van der Waals surface area contributed by atoms with Crippen LogP contribution in [0.3, 0.4) is 0 Å². The summed E-state index contributed by atoms with van der Waals surface area (Å²) in [6.07, 6.45) is 0.623. The summed E-state index contributed by atoms with van der Waals surface area (Å²) in [4.78, 5) is 23.5. The van der Waals surface area contributed by atoms with Crippen molar-refractivity contribution in [3.8, 4) is 0 Å². The van der Waals surface area contributed by atoms with Crippen LogP contribution in [0.4, 0.5) is 0 Å². The summed E-state index contributed by atoms with van der Waals surface area (Å²) in [6, 6.07) is 15.2. The highest BCUT2D eigenvalue weighted by molar-refractivity contribution is 6.35. The third-order valence-corrected chi connectivity index (χ3v) is 3.60. The fourth-order valence-electron chi connectivity index (χ4n) is 2.06. The molecule has 0 saturated carbocycles. The van der Waals surface area contributed by atoms with Crippen molar-refractivity contribution >= 4 is 23.4 Å². The molecular formula is C18H19ClN2O2. The van der Waals surface area contributed by atoms with E-state index in [0.29, 0.717) is 24.5 Å². The first-order chi connectivity index (χ1) is 11.0. The van der Waals surface area contributed by atoms with Crippen LogP contribution in [0.1, 0.15) is 16.7 Å². The molecule has 2 aromatic rings. The molecule has 0 unspecified atom stereocenters. The van der Waals surface area contributed by atoms with Gasteiger partial charge in [0, 0.05) is 18.1 Å². The van der Waals surface area contributed by atoms with E-state index in [0.717, 1.165) is 16.7 Å². The molecule has 2 amide bonds. The molecule has 0 aliphatic rings. The molecule has 5 heteroatoms. The van der Waals surface area contributed by atoms with Crippen LogP contribution in [0.15, 0.2) is 48.5 Å². The van der Waals surface area contributed by atoms with Crippen molar-refractivity contribution in [2.24, 2.45) is 0 Å². The lowest BCUT2D eigenvalue weighted by Crippen LogP contribution is -2.40. The number of carbonyl (C=O) groups is 2. The molecule has 0 fully saturated rings. The van der Waals surface area contributed by atoms with Crippen LogP contribution in [0.5, 0.6) is 0 Å². The fourth-order valence-corrected chi connectivity index (χ4v) is 2.27. The van der Waals surface area contributed by atoms with E-state index >= 15 is 0 Å². The third-order valence-electron chi connectivity index (χ3n) is 3.37. The SMILES string of the molecule is Cc1ccc(CNC(=O)C(=O)NCCc2cccc(Cl)c2)cc1. The summed E-state index contributed by atoms with van der Waals surface area (Å²) >= 11 is 5.89. The predicted molar refractivity (Wildman–Crippen MR) is 91.2 cm³/mol. The van der Waals surface area contributed by atoms with Crippen LogP contribution in [0.25, 0.3) is 0 Å². The van der Waals surface area contributed by atoms with Gasteiger partial charge in [-0.3, -0.25) is 9.59 Å². The van der Waals surface area contributed by atoms with Crippen LogP contribution in [-0.4, -0.2) is 18.4 Å². The zero-order chi connectivity index (χ0) is 16.7. The maximum atomic E-state index is 11.7. The highest BCUT2D eigenvalue weighted by Gasteiger charge is 2.12. The van der Waals surface area contributed by atoms with Crippen molar-refractivity contribution in [1.82, 2.24) is 10.6 Å². The van der Waals surface area contributed by atoms with Crippen molar-refractivity contribution in [3.63, 3.8) is 0 Å². The second-order valence-electron chi connectivity index (χ2n) is 5.30. The molecule has 2 aromatic carbocycles. The minimum Gasteiger partial charge on any atom is -0.348 e. The van der Waals surface area contributed by atoms with E-state index < -0.39 is 11.8 Å². The van der Waals surface area contributed by atoms with E-state index in [-0.39, 0.29) is 0 Å². The van der Waals surface area contributed by atoms with E-state index in [1.165, 1.54) is 0 Å². The molecule has 0 atom stereocenters. The molecule has 0 spiro atoms. The minimum atomic E-state index is -0.628. The average molecular weight is 331 g/mol. The maximum absolute atomic E-state index is 11.7. The number of benzene rings is 2. The summed E-state index contributed by atoms with van der Waals surface area (Å²) in [6.45, 7) is 2.72. The highest BCUT2D eigenvalue weighted by Crippen LogP contribution is 2.10. The molecule has 0 aromatic heterocycles. The molecule has 0 bridgehead atoms. The van der Waals surface area contributed by atoms with Crippen LogP contribution in [-0.2, 0) is 22.6 Å². The normalized spacial score (nSPS) is 10.2. The maximum Gasteiger partial charge on any atom is 0.309 e. The van der Waals surface area contributed by atoms with Crippen molar-refractivity contribution < 1.29 is 9.59 Å². The van der Waals surface area contributed by atoms with Crippen LogP contribution in [0, 0.1) is 6.92 Å². The van der Waals surface area contributed by atoms with Crippen molar-refractivity contribution in [2.45, 2.75) is 19.9 Å². The van der Waals surface area contributed by atoms with Gasteiger partial charge in [-0.05, 0) is 36.6 Å². The van der Waals surface area contributed by atoms with Gasteiger partial charge in [-0.25, -0.2) is 0 Å². The van der Waals surface area contributed by atoms with E-state index in [1.54, 1.807) is 6.07 Å². The Morgan fingerprint density at radius 2 is 1.65 bits per heavy atom. The third kappa shape index (κ3) is 5.75. The van der Waals surface area contributed by atoms with Gasteiger partial charge < -0.3 is 10.6 Å². The number of aryl methyl sites for hydroxylation is 1. The lowest BCUT2D eigenvalue weighted by Gasteiger charge is -2.07. The minimum absolute atomic E-state index is 0.334. The lowest BCUT2D eigenvalue weighted by molar-refractivity contribution is -0.139. The van der Waals surface area contributed by atoms with E-state index in [9.17, 15) is 9.59 Å². The molecule has 0 radical (unpaired) electrons.